The van der Waals surface area contributed by atoms with Gasteiger partial charge in [-0.25, -0.2) is 9.37 Å². The smallest absolute Gasteiger partial charge is 0.288 e. The maximum absolute atomic E-state index is 13.7. The van der Waals surface area contributed by atoms with E-state index in [1.54, 1.807) is 28.9 Å². The number of imidazole rings is 1. The lowest BCUT2D eigenvalue weighted by Crippen LogP contribution is -2.32. The number of fused-ring (bicyclic) bond motifs is 1. The van der Waals surface area contributed by atoms with Crippen molar-refractivity contribution in [3.05, 3.63) is 64.4 Å². The highest BCUT2D eigenvalue weighted by Gasteiger charge is 2.20. The Hall–Kier alpha value is -2.45. The number of amides is 1. The molecule has 1 aromatic carbocycles. The molecule has 0 radical (unpaired) electrons. The zero-order valence-corrected chi connectivity index (χ0v) is 14.8. The molecule has 130 valence electrons. The molecule has 6 nitrogen and oxygen atoms in total. The molecule has 0 aliphatic carbocycles. The molecule has 0 aliphatic rings. The van der Waals surface area contributed by atoms with Crippen molar-refractivity contribution >= 4 is 27.4 Å². The summed E-state index contributed by atoms with van der Waals surface area (Å²) in [4.78, 5) is 16.7. The van der Waals surface area contributed by atoms with E-state index in [-0.39, 0.29) is 5.82 Å². The number of nitrogens with one attached hydrogen (secondary N) is 1. The second-order valence-electron chi connectivity index (χ2n) is 5.35. The number of carbonyl (C=O) groups excluding carboxylic acids is 1. The van der Waals surface area contributed by atoms with Crippen molar-refractivity contribution in [2.45, 2.75) is 6.04 Å². The first kappa shape index (κ1) is 17.4. The van der Waals surface area contributed by atoms with Gasteiger partial charge < -0.3 is 15.2 Å². The summed E-state index contributed by atoms with van der Waals surface area (Å²) >= 11 is 3.36. The number of ether oxygens (including phenoxy) is 1. The number of nitrogens with zero attached hydrogens (tertiary/aromatic N) is 2. The number of hydrogen-bond donors (Lipinski definition) is 2. The van der Waals surface area contributed by atoms with Crippen molar-refractivity contribution in [2.75, 3.05) is 13.7 Å². The summed E-state index contributed by atoms with van der Waals surface area (Å²) in [5.41, 5.74) is 1.14. The van der Waals surface area contributed by atoms with E-state index in [9.17, 15) is 14.3 Å². The first-order valence-electron chi connectivity index (χ1n) is 7.40. The molecule has 8 heteroatoms. The van der Waals surface area contributed by atoms with Gasteiger partial charge >= 0.3 is 0 Å². The average Bonchev–Trinajstić information content (AvgIpc) is 3.01. The molecule has 0 bridgehead atoms. The van der Waals surface area contributed by atoms with Crippen LogP contribution in [0.15, 0.2) is 47.2 Å². The predicted molar refractivity (Wildman–Crippen MR) is 93.1 cm³/mol. The fraction of sp³-hybridized carbons (Fsp3) is 0.176. The van der Waals surface area contributed by atoms with Gasteiger partial charge in [-0.05, 0) is 29.8 Å². The fourth-order valence-electron chi connectivity index (χ4n) is 2.50. The molecule has 1 atom stereocenters. The molecule has 1 amide bonds. The summed E-state index contributed by atoms with van der Waals surface area (Å²) < 4.78 is 21.2. The van der Waals surface area contributed by atoms with Crippen molar-refractivity contribution in [1.29, 1.82) is 0 Å². The van der Waals surface area contributed by atoms with Crippen molar-refractivity contribution < 1.29 is 19.0 Å². The van der Waals surface area contributed by atoms with Gasteiger partial charge in [-0.1, -0.05) is 15.9 Å². The van der Waals surface area contributed by atoms with Gasteiger partial charge in [0.15, 0.2) is 0 Å². The van der Waals surface area contributed by atoms with Crippen LogP contribution in [0.3, 0.4) is 0 Å². The average molecular weight is 408 g/mol. The first-order chi connectivity index (χ1) is 12.0. The normalized spacial score (nSPS) is 12.2. The third kappa shape index (κ3) is 3.64. The number of aliphatic hydroxyl groups excluding tert-OH is 1. The molecule has 0 aliphatic heterocycles. The number of carbonyl (C=O) groups is 1. The topological polar surface area (TPSA) is 75.9 Å². The van der Waals surface area contributed by atoms with Crippen LogP contribution in [-0.4, -0.2) is 34.1 Å². The molecule has 2 N–H and O–H groups in total. The van der Waals surface area contributed by atoms with E-state index in [0.717, 1.165) is 9.99 Å². The van der Waals surface area contributed by atoms with Crippen LogP contribution in [0.25, 0.3) is 5.52 Å². The second-order valence-corrected chi connectivity index (χ2v) is 6.27. The fourth-order valence-corrected chi connectivity index (χ4v) is 2.85. The molecule has 0 fully saturated rings. The molecule has 0 saturated carbocycles. The zero-order valence-electron chi connectivity index (χ0n) is 13.2. The number of aliphatic hydroxyl groups is 1. The van der Waals surface area contributed by atoms with Gasteiger partial charge in [0, 0.05) is 16.7 Å². The van der Waals surface area contributed by atoms with Gasteiger partial charge in [-0.3, -0.25) is 9.20 Å². The number of benzene rings is 1. The quantitative estimate of drug-likeness (QED) is 0.681. The van der Waals surface area contributed by atoms with Gasteiger partial charge in [-0.2, -0.15) is 0 Å². The van der Waals surface area contributed by atoms with Crippen molar-refractivity contribution in [3.8, 4) is 5.75 Å². The van der Waals surface area contributed by atoms with Gasteiger partial charge in [-0.15, -0.1) is 0 Å². The predicted octanol–water partition coefficient (Wildman–Crippen LogP) is 2.71. The minimum absolute atomic E-state index is 0.171. The van der Waals surface area contributed by atoms with E-state index < -0.39 is 24.4 Å². The molecule has 3 rings (SSSR count). The molecule has 0 saturated heterocycles. The highest BCUT2D eigenvalue weighted by atomic mass is 79.9. The molecule has 0 spiro atoms. The van der Waals surface area contributed by atoms with Crippen molar-refractivity contribution in [3.63, 3.8) is 0 Å². The van der Waals surface area contributed by atoms with Crippen LogP contribution in [0.5, 0.6) is 5.75 Å². The lowest BCUT2D eigenvalue weighted by molar-refractivity contribution is 0.0904. The maximum Gasteiger partial charge on any atom is 0.288 e. The third-order valence-electron chi connectivity index (χ3n) is 3.72. The van der Waals surface area contributed by atoms with E-state index in [4.69, 9.17) is 4.74 Å². The Morgan fingerprint density at radius 1 is 1.44 bits per heavy atom. The number of aromatic nitrogens is 2. The Morgan fingerprint density at radius 3 is 2.96 bits per heavy atom. The Bertz CT molecular complexity index is 929. The standard InChI is InChI=1S/C17H15BrFN3O3/c1-25-14-5-10(4-12(19)7-14)15(9-23)21-17(24)16-20-8-13-6-11(18)2-3-22(13)16/h2-8,15,23H,9H2,1H3,(H,21,24)/t15-/m1/s1. The first-order valence-corrected chi connectivity index (χ1v) is 8.20. The van der Waals surface area contributed by atoms with Gasteiger partial charge in [0.2, 0.25) is 5.82 Å². The molecule has 0 unspecified atom stereocenters. The Morgan fingerprint density at radius 2 is 2.24 bits per heavy atom. The Kier molecular flexibility index (Phi) is 5.00. The van der Waals surface area contributed by atoms with Crippen LogP contribution in [0, 0.1) is 5.82 Å². The van der Waals surface area contributed by atoms with Crippen LogP contribution < -0.4 is 10.1 Å². The largest absolute Gasteiger partial charge is 0.497 e. The minimum atomic E-state index is -0.792. The summed E-state index contributed by atoms with van der Waals surface area (Å²) in [5, 5.41) is 12.3. The number of hydrogen-bond acceptors (Lipinski definition) is 4. The second kappa shape index (κ2) is 7.20. The Balaban J connectivity index is 1.88. The monoisotopic (exact) mass is 407 g/mol. The number of methoxy groups -OCH3 is 1. The third-order valence-corrected chi connectivity index (χ3v) is 4.21. The van der Waals surface area contributed by atoms with Crippen molar-refractivity contribution in [1.82, 2.24) is 14.7 Å². The van der Waals surface area contributed by atoms with Gasteiger partial charge in [0.05, 0.1) is 31.5 Å². The van der Waals surface area contributed by atoms with E-state index >= 15 is 0 Å². The number of pyridine rings is 1. The lowest BCUT2D eigenvalue weighted by Gasteiger charge is -2.17. The maximum atomic E-state index is 13.7. The van der Waals surface area contributed by atoms with E-state index in [2.05, 4.69) is 26.2 Å². The van der Waals surface area contributed by atoms with E-state index in [1.807, 2.05) is 6.07 Å². The SMILES string of the molecule is COc1cc(F)cc([C@@H](CO)NC(=O)c2ncc3cc(Br)ccn23)c1. The van der Waals surface area contributed by atoms with Crippen LogP contribution >= 0.6 is 15.9 Å². The van der Waals surface area contributed by atoms with E-state index in [0.29, 0.717) is 11.3 Å². The molecule has 25 heavy (non-hydrogen) atoms. The molecule has 2 heterocycles. The van der Waals surface area contributed by atoms with Crippen LogP contribution in [0.4, 0.5) is 4.39 Å². The summed E-state index contributed by atoms with van der Waals surface area (Å²) in [7, 11) is 1.42. The minimum Gasteiger partial charge on any atom is -0.497 e. The molecule has 2 aromatic heterocycles. The van der Waals surface area contributed by atoms with Crippen LogP contribution in [0.1, 0.15) is 22.2 Å². The van der Waals surface area contributed by atoms with Crippen LogP contribution in [0.2, 0.25) is 0 Å². The summed E-state index contributed by atoms with van der Waals surface area (Å²) in [6, 6.07) is 6.84. The number of halogens is 2. The van der Waals surface area contributed by atoms with Crippen LogP contribution in [-0.2, 0) is 0 Å². The summed E-state index contributed by atoms with van der Waals surface area (Å²) in [5.74, 6) is -0.522. The van der Waals surface area contributed by atoms with Gasteiger partial charge in [0.1, 0.15) is 11.6 Å². The summed E-state index contributed by atoms with van der Waals surface area (Å²) in [6.07, 6.45) is 3.28. The highest BCUT2D eigenvalue weighted by Crippen LogP contribution is 2.22. The molecule has 3 aromatic rings. The van der Waals surface area contributed by atoms with Crippen molar-refractivity contribution in [2.24, 2.45) is 0 Å². The lowest BCUT2D eigenvalue weighted by atomic mass is 10.1. The summed E-state index contributed by atoms with van der Waals surface area (Å²) in [6.45, 7) is -0.396. The zero-order chi connectivity index (χ0) is 18.0. The van der Waals surface area contributed by atoms with E-state index in [1.165, 1.54) is 19.2 Å². The molecular formula is C17H15BrFN3O3. The Labute approximate surface area is 151 Å². The number of rotatable bonds is 5. The highest BCUT2D eigenvalue weighted by molar-refractivity contribution is 9.10. The molecular weight excluding hydrogens is 393 g/mol. The van der Waals surface area contributed by atoms with Gasteiger partial charge in [0.25, 0.3) is 5.91 Å².